The van der Waals surface area contributed by atoms with Gasteiger partial charge in [-0.05, 0) is 37.2 Å². The Hall–Kier alpha value is -1.82. The standard InChI is InChI=1S/C20H24O6/c1-11-7-16-20(10-21)13(17(22)26-16)3-2-4-15(20)19(11)8-14(25-18(19)23)12-5-6-24-9-12/h5-6,9,11,13-16,21H,2-4,7-8,10H2,1H3/t11-,13+,14-,15-,16+,19-,20+/m1/s1. The number of fused-ring (bicyclic) bond motifs is 1. The molecule has 4 fully saturated rings. The van der Waals surface area contributed by atoms with Crippen LogP contribution < -0.4 is 0 Å². The zero-order valence-electron chi connectivity index (χ0n) is 14.8. The fraction of sp³-hybridized carbons (Fsp3) is 0.700. The molecule has 1 spiro atoms. The number of aliphatic hydroxyl groups excluding tert-OH is 1. The van der Waals surface area contributed by atoms with Gasteiger partial charge in [-0.2, -0.15) is 0 Å². The normalized spacial score (nSPS) is 46.9. The van der Waals surface area contributed by atoms with Crippen molar-refractivity contribution in [1.29, 1.82) is 0 Å². The van der Waals surface area contributed by atoms with Crippen molar-refractivity contribution in [2.45, 2.75) is 51.2 Å². The third-order valence-electron chi connectivity index (χ3n) is 7.84. The number of furan rings is 1. The van der Waals surface area contributed by atoms with E-state index in [4.69, 9.17) is 13.9 Å². The number of aliphatic hydroxyl groups is 1. The van der Waals surface area contributed by atoms with Crippen molar-refractivity contribution in [3.8, 4) is 0 Å². The fourth-order valence-electron chi connectivity index (χ4n) is 6.63. The molecule has 2 saturated heterocycles. The molecule has 1 N–H and O–H groups in total. The second-order valence-corrected chi connectivity index (χ2v) is 8.56. The molecule has 0 amide bonds. The minimum atomic E-state index is -0.673. The van der Waals surface area contributed by atoms with Gasteiger partial charge in [-0.15, -0.1) is 0 Å². The number of esters is 2. The second kappa shape index (κ2) is 5.35. The van der Waals surface area contributed by atoms with Gasteiger partial charge in [0.1, 0.15) is 12.2 Å². The van der Waals surface area contributed by atoms with E-state index in [-0.39, 0.29) is 48.5 Å². The van der Waals surface area contributed by atoms with Crippen LogP contribution in [0.15, 0.2) is 23.0 Å². The number of carbonyl (C=O) groups is 2. The molecule has 6 nitrogen and oxygen atoms in total. The van der Waals surface area contributed by atoms with E-state index in [1.54, 1.807) is 12.5 Å². The molecule has 140 valence electrons. The number of rotatable bonds is 2. The van der Waals surface area contributed by atoms with Crippen molar-refractivity contribution in [3.05, 3.63) is 24.2 Å². The molecule has 1 aromatic heterocycles. The number of ether oxygens (including phenoxy) is 2. The SMILES string of the molecule is C[C@@H]1C[C@@H]2OC(=O)[C@@H]3CCC[C@H]([C@@]14C[C@H](c1ccoc1)OC4=O)[C@@]23CO. The maximum Gasteiger partial charge on any atom is 0.313 e. The summed E-state index contributed by atoms with van der Waals surface area (Å²) in [7, 11) is 0. The van der Waals surface area contributed by atoms with Crippen molar-refractivity contribution >= 4 is 11.9 Å². The first-order valence-corrected chi connectivity index (χ1v) is 9.58. The molecule has 0 unspecified atom stereocenters. The number of carbonyl (C=O) groups excluding carboxylic acids is 2. The maximum absolute atomic E-state index is 13.2. The quantitative estimate of drug-likeness (QED) is 0.816. The van der Waals surface area contributed by atoms with Gasteiger partial charge < -0.3 is 19.0 Å². The summed E-state index contributed by atoms with van der Waals surface area (Å²) >= 11 is 0. The summed E-state index contributed by atoms with van der Waals surface area (Å²) in [5.41, 5.74) is -0.450. The van der Waals surface area contributed by atoms with Crippen LogP contribution >= 0.6 is 0 Å². The molecule has 2 saturated carbocycles. The van der Waals surface area contributed by atoms with Crippen LogP contribution in [0.2, 0.25) is 0 Å². The van der Waals surface area contributed by atoms with E-state index in [0.717, 1.165) is 24.8 Å². The average molecular weight is 360 g/mol. The Balaban J connectivity index is 1.61. The molecule has 6 heteroatoms. The highest BCUT2D eigenvalue weighted by molar-refractivity contribution is 5.82. The van der Waals surface area contributed by atoms with Gasteiger partial charge in [-0.1, -0.05) is 13.3 Å². The van der Waals surface area contributed by atoms with Gasteiger partial charge in [0.15, 0.2) is 0 Å². The molecule has 4 aliphatic rings. The summed E-state index contributed by atoms with van der Waals surface area (Å²) in [5, 5.41) is 10.4. The van der Waals surface area contributed by atoms with E-state index in [0.29, 0.717) is 12.8 Å². The molecule has 0 aromatic carbocycles. The van der Waals surface area contributed by atoms with Crippen LogP contribution in [0.4, 0.5) is 0 Å². The lowest BCUT2D eigenvalue weighted by molar-refractivity contribution is -0.184. The first kappa shape index (κ1) is 16.4. The molecule has 0 radical (unpaired) electrons. The summed E-state index contributed by atoms with van der Waals surface area (Å²) in [4.78, 5) is 25.7. The summed E-state index contributed by atoms with van der Waals surface area (Å²) in [6.07, 6.45) is 6.20. The lowest BCUT2D eigenvalue weighted by Gasteiger charge is -2.57. The second-order valence-electron chi connectivity index (χ2n) is 8.56. The third kappa shape index (κ3) is 1.76. The monoisotopic (exact) mass is 360 g/mol. The minimum absolute atomic E-state index is 0.0335. The largest absolute Gasteiger partial charge is 0.472 e. The summed E-state index contributed by atoms with van der Waals surface area (Å²) in [6.45, 7) is 1.95. The molecule has 26 heavy (non-hydrogen) atoms. The van der Waals surface area contributed by atoms with Crippen molar-refractivity contribution in [2.24, 2.45) is 28.6 Å². The molecule has 7 atom stereocenters. The van der Waals surface area contributed by atoms with Gasteiger partial charge in [-0.25, -0.2) is 0 Å². The van der Waals surface area contributed by atoms with Gasteiger partial charge in [-0.3, -0.25) is 9.59 Å². The Kier molecular flexibility index (Phi) is 3.36. The molecule has 2 aliphatic carbocycles. The average Bonchev–Trinajstić information content (AvgIpc) is 3.33. The smallest absolute Gasteiger partial charge is 0.313 e. The third-order valence-corrected chi connectivity index (χ3v) is 7.84. The van der Waals surface area contributed by atoms with Crippen LogP contribution in [0, 0.1) is 28.6 Å². The first-order chi connectivity index (χ1) is 12.5. The zero-order valence-corrected chi connectivity index (χ0v) is 14.8. The van der Waals surface area contributed by atoms with Crippen molar-refractivity contribution in [2.75, 3.05) is 6.61 Å². The highest BCUT2D eigenvalue weighted by Gasteiger charge is 2.73. The van der Waals surface area contributed by atoms with Crippen molar-refractivity contribution < 1.29 is 28.6 Å². The minimum Gasteiger partial charge on any atom is -0.472 e. The summed E-state index contributed by atoms with van der Waals surface area (Å²) in [6, 6.07) is 1.83. The predicted octanol–water partition coefficient (Wildman–Crippen LogP) is 2.61. The van der Waals surface area contributed by atoms with Gasteiger partial charge in [0.05, 0.1) is 30.5 Å². The predicted molar refractivity (Wildman–Crippen MR) is 88.6 cm³/mol. The Labute approximate surface area is 151 Å². The Morgan fingerprint density at radius 2 is 2.12 bits per heavy atom. The van der Waals surface area contributed by atoms with Crippen LogP contribution in [0.25, 0.3) is 0 Å². The maximum atomic E-state index is 13.2. The van der Waals surface area contributed by atoms with E-state index in [1.165, 1.54) is 0 Å². The molecule has 2 aliphatic heterocycles. The lowest BCUT2D eigenvalue weighted by Crippen LogP contribution is -2.62. The van der Waals surface area contributed by atoms with Crippen LogP contribution in [-0.2, 0) is 19.1 Å². The van der Waals surface area contributed by atoms with Gasteiger partial charge in [0, 0.05) is 17.4 Å². The highest BCUT2D eigenvalue weighted by Crippen LogP contribution is 2.69. The number of hydrogen-bond acceptors (Lipinski definition) is 6. The lowest BCUT2D eigenvalue weighted by atomic mass is 9.44. The van der Waals surface area contributed by atoms with Crippen molar-refractivity contribution in [3.63, 3.8) is 0 Å². The van der Waals surface area contributed by atoms with Crippen LogP contribution in [0.3, 0.4) is 0 Å². The van der Waals surface area contributed by atoms with E-state index in [9.17, 15) is 14.7 Å². The van der Waals surface area contributed by atoms with E-state index < -0.39 is 10.8 Å². The number of hydrogen-bond donors (Lipinski definition) is 1. The van der Waals surface area contributed by atoms with Gasteiger partial charge >= 0.3 is 11.9 Å². The van der Waals surface area contributed by atoms with Crippen LogP contribution in [0.1, 0.15) is 50.7 Å². The summed E-state index contributed by atoms with van der Waals surface area (Å²) < 4.78 is 16.7. The Bertz CT molecular complexity index is 741. The molecular weight excluding hydrogens is 336 g/mol. The molecular formula is C20H24O6. The Morgan fingerprint density at radius 3 is 2.85 bits per heavy atom. The van der Waals surface area contributed by atoms with Crippen LogP contribution in [-0.4, -0.2) is 29.8 Å². The van der Waals surface area contributed by atoms with Crippen LogP contribution in [0.5, 0.6) is 0 Å². The van der Waals surface area contributed by atoms with E-state index >= 15 is 0 Å². The topological polar surface area (TPSA) is 86.0 Å². The molecule has 3 heterocycles. The van der Waals surface area contributed by atoms with Crippen molar-refractivity contribution in [1.82, 2.24) is 0 Å². The van der Waals surface area contributed by atoms with Gasteiger partial charge in [0.25, 0.3) is 0 Å². The van der Waals surface area contributed by atoms with Gasteiger partial charge in [0.2, 0.25) is 0 Å². The number of cyclic esters (lactones) is 1. The fourth-order valence-corrected chi connectivity index (χ4v) is 6.63. The van der Waals surface area contributed by atoms with E-state index in [1.807, 2.05) is 6.07 Å². The highest BCUT2D eigenvalue weighted by atomic mass is 16.6. The Morgan fingerprint density at radius 1 is 1.27 bits per heavy atom. The molecule has 0 bridgehead atoms. The zero-order chi connectivity index (χ0) is 18.1. The molecule has 1 aromatic rings. The molecule has 5 rings (SSSR count). The first-order valence-electron chi connectivity index (χ1n) is 9.58. The summed E-state index contributed by atoms with van der Waals surface area (Å²) in [5.74, 6) is -0.751. The van der Waals surface area contributed by atoms with E-state index in [2.05, 4.69) is 6.92 Å².